The second-order valence-corrected chi connectivity index (χ2v) is 5.61. The average Bonchev–Trinajstić information content (AvgIpc) is 2.09. The third-order valence-corrected chi connectivity index (χ3v) is 2.14. The normalized spacial score (nSPS) is 15.4. The zero-order valence-corrected chi connectivity index (χ0v) is 11.2. The summed E-state index contributed by atoms with van der Waals surface area (Å²) < 4.78 is 5.13. The van der Waals surface area contributed by atoms with E-state index < -0.39 is 11.7 Å². The summed E-state index contributed by atoms with van der Waals surface area (Å²) in [5.74, 6) is 0. The van der Waals surface area contributed by atoms with Gasteiger partial charge in [0.05, 0.1) is 0 Å². The molecule has 0 aromatic carbocycles. The van der Waals surface area contributed by atoms with Crippen LogP contribution in [-0.4, -0.2) is 23.8 Å². The van der Waals surface area contributed by atoms with E-state index in [-0.39, 0.29) is 5.54 Å². The standard InChI is InChI=1S/C12H26N2O2/c1-6-7-8-12(5,13)9-14-10(15)16-11(2,3)4/h6-9,13H2,1-5H3,(H,14,15). The molecule has 4 nitrogen and oxygen atoms in total. The van der Waals surface area contributed by atoms with Crippen molar-refractivity contribution >= 4 is 6.09 Å². The molecular formula is C12H26N2O2. The molecule has 0 heterocycles. The molecule has 0 rings (SSSR count). The summed E-state index contributed by atoms with van der Waals surface area (Å²) in [5.41, 5.74) is 5.23. The molecule has 4 heteroatoms. The van der Waals surface area contributed by atoms with E-state index in [1.165, 1.54) is 0 Å². The summed E-state index contributed by atoms with van der Waals surface area (Å²) in [7, 11) is 0. The minimum absolute atomic E-state index is 0.354. The number of ether oxygens (including phenoxy) is 1. The van der Waals surface area contributed by atoms with Gasteiger partial charge in [-0.1, -0.05) is 19.8 Å². The second kappa shape index (κ2) is 6.09. The maximum Gasteiger partial charge on any atom is 0.407 e. The van der Waals surface area contributed by atoms with E-state index in [0.717, 1.165) is 19.3 Å². The van der Waals surface area contributed by atoms with Gasteiger partial charge in [0.1, 0.15) is 5.60 Å². The Labute approximate surface area is 98.9 Å². The van der Waals surface area contributed by atoms with E-state index in [1.54, 1.807) is 0 Å². The first-order valence-corrected chi connectivity index (χ1v) is 5.92. The minimum Gasteiger partial charge on any atom is -0.444 e. The Balaban J connectivity index is 3.90. The molecule has 0 spiro atoms. The van der Waals surface area contributed by atoms with Gasteiger partial charge in [0, 0.05) is 12.1 Å². The van der Waals surface area contributed by atoms with E-state index in [1.807, 2.05) is 27.7 Å². The molecule has 0 radical (unpaired) electrons. The number of hydrogen-bond acceptors (Lipinski definition) is 3. The van der Waals surface area contributed by atoms with Crippen molar-refractivity contribution < 1.29 is 9.53 Å². The zero-order chi connectivity index (χ0) is 12.8. The van der Waals surface area contributed by atoms with Crippen LogP contribution in [0.4, 0.5) is 4.79 Å². The van der Waals surface area contributed by atoms with Crippen molar-refractivity contribution in [3.63, 3.8) is 0 Å². The molecule has 0 aliphatic rings. The highest BCUT2D eigenvalue weighted by atomic mass is 16.6. The number of hydrogen-bond donors (Lipinski definition) is 2. The van der Waals surface area contributed by atoms with Gasteiger partial charge >= 0.3 is 6.09 Å². The summed E-state index contributed by atoms with van der Waals surface area (Å²) in [6.45, 7) is 10.0. The Kier molecular flexibility index (Phi) is 5.79. The van der Waals surface area contributed by atoms with Crippen LogP contribution in [0.25, 0.3) is 0 Å². The Bertz CT molecular complexity index is 220. The number of alkyl carbamates (subject to hydrolysis) is 1. The third-order valence-electron chi connectivity index (χ3n) is 2.14. The predicted molar refractivity (Wildman–Crippen MR) is 66.4 cm³/mol. The van der Waals surface area contributed by atoms with E-state index in [4.69, 9.17) is 10.5 Å². The largest absolute Gasteiger partial charge is 0.444 e. The molecule has 0 fully saturated rings. The molecule has 0 aromatic heterocycles. The fourth-order valence-corrected chi connectivity index (χ4v) is 1.26. The summed E-state index contributed by atoms with van der Waals surface area (Å²) in [6.07, 6.45) is 2.68. The maximum atomic E-state index is 11.4. The van der Waals surface area contributed by atoms with Gasteiger partial charge in [-0.3, -0.25) is 0 Å². The number of nitrogens with one attached hydrogen (secondary N) is 1. The topological polar surface area (TPSA) is 64.3 Å². The highest BCUT2D eigenvalue weighted by Crippen LogP contribution is 2.10. The van der Waals surface area contributed by atoms with Gasteiger partial charge in [0.15, 0.2) is 0 Å². The van der Waals surface area contributed by atoms with Crippen LogP contribution in [-0.2, 0) is 4.74 Å². The minimum atomic E-state index is -0.460. The fraction of sp³-hybridized carbons (Fsp3) is 0.917. The van der Waals surface area contributed by atoms with Gasteiger partial charge in [0.2, 0.25) is 0 Å². The van der Waals surface area contributed by atoms with Gasteiger partial charge in [-0.2, -0.15) is 0 Å². The Morgan fingerprint density at radius 1 is 1.31 bits per heavy atom. The lowest BCUT2D eigenvalue weighted by atomic mass is 9.96. The molecule has 16 heavy (non-hydrogen) atoms. The molecule has 0 aromatic rings. The van der Waals surface area contributed by atoms with Crippen LogP contribution in [0.15, 0.2) is 0 Å². The monoisotopic (exact) mass is 230 g/mol. The van der Waals surface area contributed by atoms with Crippen LogP contribution in [0.5, 0.6) is 0 Å². The molecule has 0 aliphatic heterocycles. The first kappa shape index (κ1) is 15.2. The molecule has 3 N–H and O–H groups in total. The van der Waals surface area contributed by atoms with Gasteiger partial charge in [-0.15, -0.1) is 0 Å². The Morgan fingerprint density at radius 3 is 2.31 bits per heavy atom. The van der Waals surface area contributed by atoms with Crippen molar-refractivity contribution in [2.75, 3.05) is 6.54 Å². The van der Waals surface area contributed by atoms with Crippen LogP contribution in [0.3, 0.4) is 0 Å². The first-order chi connectivity index (χ1) is 7.16. The number of rotatable bonds is 5. The van der Waals surface area contributed by atoms with Crippen LogP contribution < -0.4 is 11.1 Å². The van der Waals surface area contributed by atoms with Gasteiger partial charge in [-0.05, 0) is 34.1 Å². The number of nitrogens with two attached hydrogens (primary N) is 1. The molecule has 0 saturated carbocycles. The summed E-state index contributed by atoms with van der Waals surface area (Å²) in [6, 6.07) is 0. The summed E-state index contributed by atoms with van der Waals surface area (Å²) in [5, 5.41) is 2.70. The van der Waals surface area contributed by atoms with Crippen molar-refractivity contribution in [1.82, 2.24) is 5.32 Å². The number of amides is 1. The summed E-state index contributed by atoms with van der Waals surface area (Å²) in [4.78, 5) is 11.4. The van der Waals surface area contributed by atoms with Crippen molar-refractivity contribution in [2.24, 2.45) is 5.73 Å². The second-order valence-electron chi connectivity index (χ2n) is 5.61. The molecule has 1 amide bonds. The molecule has 0 bridgehead atoms. The SMILES string of the molecule is CCCCC(C)(N)CNC(=O)OC(C)(C)C. The average molecular weight is 230 g/mol. The number of carbonyl (C=O) groups excluding carboxylic acids is 1. The van der Waals surface area contributed by atoms with Gasteiger partial charge < -0.3 is 15.8 Å². The lowest BCUT2D eigenvalue weighted by Gasteiger charge is -2.26. The van der Waals surface area contributed by atoms with E-state index >= 15 is 0 Å². The van der Waals surface area contributed by atoms with E-state index in [0.29, 0.717) is 6.54 Å². The fourth-order valence-electron chi connectivity index (χ4n) is 1.26. The van der Waals surface area contributed by atoms with Crippen molar-refractivity contribution in [3.8, 4) is 0 Å². The van der Waals surface area contributed by atoms with Crippen LogP contribution in [0, 0.1) is 0 Å². The highest BCUT2D eigenvalue weighted by molar-refractivity contribution is 5.67. The van der Waals surface area contributed by atoms with Crippen LogP contribution in [0.1, 0.15) is 53.9 Å². The Hall–Kier alpha value is -0.770. The molecule has 1 unspecified atom stereocenters. The first-order valence-electron chi connectivity index (χ1n) is 5.92. The summed E-state index contributed by atoms with van der Waals surface area (Å²) >= 11 is 0. The number of carbonyl (C=O) groups is 1. The lowest BCUT2D eigenvalue weighted by Crippen LogP contribution is -2.48. The van der Waals surface area contributed by atoms with Crippen LogP contribution in [0.2, 0.25) is 0 Å². The predicted octanol–water partition coefficient (Wildman–Crippen LogP) is 2.42. The number of unbranched alkanes of at least 4 members (excludes halogenated alkanes) is 1. The van der Waals surface area contributed by atoms with Crippen molar-refractivity contribution in [2.45, 2.75) is 65.0 Å². The van der Waals surface area contributed by atoms with Crippen molar-refractivity contribution in [1.29, 1.82) is 0 Å². The van der Waals surface area contributed by atoms with Crippen LogP contribution >= 0.6 is 0 Å². The molecule has 0 aliphatic carbocycles. The van der Waals surface area contributed by atoms with E-state index in [2.05, 4.69) is 12.2 Å². The third kappa shape index (κ3) is 8.53. The van der Waals surface area contributed by atoms with E-state index in [9.17, 15) is 4.79 Å². The van der Waals surface area contributed by atoms with Crippen molar-refractivity contribution in [3.05, 3.63) is 0 Å². The molecule has 1 atom stereocenters. The van der Waals surface area contributed by atoms with Gasteiger partial charge in [-0.25, -0.2) is 4.79 Å². The maximum absolute atomic E-state index is 11.4. The van der Waals surface area contributed by atoms with Gasteiger partial charge in [0.25, 0.3) is 0 Å². The molecule has 0 saturated heterocycles. The highest BCUT2D eigenvalue weighted by Gasteiger charge is 2.21. The smallest absolute Gasteiger partial charge is 0.407 e. The zero-order valence-electron chi connectivity index (χ0n) is 11.2. The molecule has 96 valence electrons. The lowest BCUT2D eigenvalue weighted by molar-refractivity contribution is 0.0515. The quantitative estimate of drug-likeness (QED) is 0.762. The molecular weight excluding hydrogens is 204 g/mol. The Morgan fingerprint density at radius 2 is 1.88 bits per heavy atom.